The van der Waals surface area contributed by atoms with Crippen molar-refractivity contribution in [3.63, 3.8) is 0 Å². The molecule has 1 aromatic carbocycles. The Labute approximate surface area is 139 Å². The van der Waals surface area contributed by atoms with E-state index in [9.17, 15) is 13.2 Å². The molecule has 4 rings (SSSR count). The van der Waals surface area contributed by atoms with E-state index >= 15 is 0 Å². The maximum Gasteiger partial charge on any atom is 0.451 e. The Bertz CT molecular complexity index is 1080. The van der Waals surface area contributed by atoms with Gasteiger partial charge in [-0.25, -0.2) is 9.97 Å². The highest BCUT2D eigenvalue weighted by Gasteiger charge is 2.36. The van der Waals surface area contributed by atoms with Crippen LogP contribution in [0.5, 0.6) is 0 Å². The quantitative estimate of drug-likeness (QED) is 0.559. The Morgan fingerprint density at radius 3 is 2.68 bits per heavy atom. The van der Waals surface area contributed by atoms with Gasteiger partial charge in [0.05, 0.1) is 16.6 Å². The van der Waals surface area contributed by atoms with Crippen LogP contribution in [0.4, 0.5) is 24.7 Å². The molecule has 3 aromatic heterocycles. The third-order valence-corrected chi connectivity index (χ3v) is 3.76. The molecule has 0 fully saturated rings. The molecule has 25 heavy (non-hydrogen) atoms. The minimum absolute atomic E-state index is 0.0832. The van der Waals surface area contributed by atoms with Crippen molar-refractivity contribution in [3.8, 4) is 0 Å². The van der Waals surface area contributed by atoms with E-state index in [0.29, 0.717) is 22.3 Å². The van der Waals surface area contributed by atoms with Crippen molar-refractivity contribution in [1.29, 1.82) is 0 Å². The molecule has 5 nitrogen and oxygen atoms in total. The summed E-state index contributed by atoms with van der Waals surface area (Å²) in [5.41, 5.74) is 2.06. The minimum Gasteiger partial charge on any atom is -0.343 e. The van der Waals surface area contributed by atoms with Crippen LogP contribution in [-0.2, 0) is 6.18 Å². The molecule has 0 spiro atoms. The van der Waals surface area contributed by atoms with Crippen LogP contribution in [0, 0.1) is 6.92 Å². The van der Waals surface area contributed by atoms with Gasteiger partial charge in [-0.3, -0.25) is 4.98 Å². The standard InChI is InChI=1S/C17H12F3N5/c1-9-8-11-14(22-9)24-16(17(18,19)20)25-15(11)23-12-6-2-4-10-5-3-7-21-13(10)12/h2-8H,1H3,(H2,22,23,24,25). The lowest BCUT2D eigenvalue weighted by atomic mass is 10.2. The summed E-state index contributed by atoms with van der Waals surface area (Å²) in [6, 6.07) is 10.8. The maximum atomic E-state index is 13.1. The minimum atomic E-state index is -4.64. The molecule has 126 valence electrons. The highest BCUT2D eigenvalue weighted by molar-refractivity contribution is 5.96. The zero-order valence-corrected chi connectivity index (χ0v) is 13.0. The summed E-state index contributed by atoms with van der Waals surface area (Å²) >= 11 is 0. The number of rotatable bonds is 2. The molecule has 8 heteroatoms. The Kier molecular flexibility index (Phi) is 3.34. The van der Waals surface area contributed by atoms with Gasteiger partial charge in [0.15, 0.2) is 0 Å². The third-order valence-electron chi connectivity index (χ3n) is 3.76. The molecule has 4 aromatic rings. The SMILES string of the molecule is Cc1cc2c(Nc3cccc4cccnc34)nc(C(F)(F)F)nc2[nH]1. The molecule has 0 bridgehead atoms. The first-order valence-electron chi connectivity index (χ1n) is 7.47. The number of hydrogen-bond donors (Lipinski definition) is 2. The van der Waals surface area contributed by atoms with Gasteiger partial charge in [0.2, 0.25) is 5.82 Å². The van der Waals surface area contributed by atoms with Crippen LogP contribution in [0.15, 0.2) is 42.6 Å². The van der Waals surface area contributed by atoms with E-state index in [4.69, 9.17) is 0 Å². The summed E-state index contributed by atoms with van der Waals surface area (Å²) in [6.07, 6.45) is -3.01. The Morgan fingerprint density at radius 1 is 1.08 bits per heavy atom. The summed E-state index contributed by atoms with van der Waals surface area (Å²) < 4.78 is 39.3. The molecule has 0 saturated heterocycles. The number of anilines is 2. The summed E-state index contributed by atoms with van der Waals surface area (Å²) in [7, 11) is 0. The highest BCUT2D eigenvalue weighted by Crippen LogP contribution is 2.32. The molecule has 0 saturated carbocycles. The first kappa shape index (κ1) is 15.4. The number of fused-ring (bicyclic) bond motifs is 2. The van der Waals surface area contributed by atoms with Crippen molar-refractivity contribution in [1.82, 2.24) is 19.9 Å². The van der Waals surface area contributed by atoms with E-state index in [0.717, 1.165) is 5.39 Å². The van der Waals surface area contributed by atoms with Crippen LogP contribution in [0.2, 0.25) is 0 Å². The smallest absolute Gasteiger partial charge is 0.343 e. The topological polar surface area (TPSA) is 66.5 Å². The fourth-order valence-corrected chi connectivity index (χ4v) is 2.70. The molecule has 0 aliphatic carbocycles. The largest absolute Gasteiger partial charge is 0.451 e. The molecule has 0 aliphatic rings. The number of alkyl halides is 3. The first-order chi connectivity index (χ1) is 11.9. The molecule has 0 amide bonds. The van der Waals surface area contributed by atoms with Crippen molar-refractivity contribution in [2.24, 2.45) is 0 Å². The number of nitrogens with one attached hydrogen (secondary N) is 2. The van der Waals surface area contributed by atoms with Crippen LogP contribution >= 0.6 is 0 Å². The fraction of sp³-hybridized carbons (Fsp3) is 0.118. The van der Waals surface area contributed by atoms with Crippen molar-refractivity contribution in [3.05, 3.63) is 54.1 Å². The number of nitrogens with zero attached hydrogens (tertiary/aromatic N) is 3. The Hall–Kier alpha value is -3.16. The Morgan fingerprint density at radius 2 is 1.88 bits per heavy atom. The van der Waals surface area contributed by atoms with Gasteiger partial charge in [0.25, 0.3) is 0 Å². The second-order valence-corrected chi connectivity index (χ2v) is 5.61. The van der Waals surface area contributed by atoms with Crippen LogP contribution < -0.4 is 5.32 Å². The van der Waals surface area contributed by atoms with Gasteiger partial charge in [-0.05, 0) is 25.1 Å². The van der Waals surface area contributed by atoms with Crippen LogP contribution in [0.3, 0.4) is 0 Å². The van der Waals surface area contributed by atoms with Crippen LogP contribution in [-0.4, -0.2) is 19.9 Å². The van der Waals surface area contributed by atoms with Gasteiger partial charge in [0.1, 0.15) is 11.5 Å². The van der Waals surface area contributed by atoms with Gasteiger partial charge in [-0.2, -0.15) is 13.2 Å². The number of pyridine rings is 1. The Balaban J connectivity index is 1.90. The van der Waals surface area contributed by atoms with Gasteiger partial charge in [-0.15, -0.1) is 0 Å². The van der Waals surface area contributed by atoms with Gasteiger partial charge < -0.3 is 10.3 Å². The lowest BCUT2D eigenvalue weighted by Crippen LogP contribution is -2.12. The summed E-state index contributed by atoms with van der Waals surface area (Å²) in [5, 5.41) is 4.34. The van der Waals surface area contributed by atoms with E-state index < -0.39 is 12.0 Å². The van der Waals surface area contributed by atoms with E-state index in [2.05, 4.69) is 25.3 Å². The molecule has 0 atom stereocenters. The molecular weight excluding hydrogens is 331 g/mol. The number of aromatic amines is 1. The third kappa shape index (κ3) is 2.75. The zero-order valence-electron chi connectivity index (χ0n) is 13.0. The second-order valence-electron chi connectivity index (χ2n) is 5.61. The average molecular weight is 343 g/mol. The molecule has 0 aliphatic heterocycles. The number of benzene rings is 1. The monoisotopic (exact) mass is 343 g/mol. The maximum absolute atomic E-state index is 13.1. The lowest BCUT2D eigenvalue weighted by Gasteiger charge is -2.11. The molecular formula is C17H12F3N5. The van der Waals surface area contributed by atoms with Gasteiger partial charge in [0, 0.05) is 17.3 Å². The normalized spacial score (nSPS) is 12.0. The number of para-hydroxylation sites is 1. The van der Waals surface area contributed by atoms with Crippen molar-refractivity contribution in [2.75, 3.05) is 5.32 Å². The molecule has 0 radical (unpaired) electrons. The number of hydrogen-bond acceptors (Lipinski definition) is 4. The lowest BCUT2D eigenvalue weighted by molar-refractivity contribution is -0.144. The van der Waals surface area contributed by atoms with E-state index in [1.807, 2.05) is 12.1 Å². The van der Waals surface area contributed by atoms with E-state index in [1.165, 1.54) is 0 Å². The summed E-state index contributed by atoms with van der Waals surface area (Å²) in [5.74, 6) is -1.11. The number of aromatic nitrogens is 4. The van der Waals surface area contributed by atoms with E-state index in [1.54, 1.807) is 37.4 Å². The zero-order chi connectivity index (χ0) is 17.6. The van der Waals surface area contributed by atoms with Gasteiger partial charge >= 0.3 is 6.18 Å². The first-order valence-corrected chi connectivity index (χ1v) is 7.47. The predicted molar refractivity (Wildman–Crippen MR) is 88.7 cm³/mol. The molecule has 2 N–H and O–H groups in total. The van der Waals surface area contributed by atoms with Crippen molar-refractivity contribution < 1.29 is 13.2 Å². The molecule has 3 heterocycles. The summed E-state index contributed by atoms with van der Waals surface area (Å²) in [6.45, 7) is 1.75. The molecule has 0 unspecified atom stereocenters. The number of halogens is 3. The number of aryl methyl sites for hydroxylation is 1. The van der Waals surface area contributed by atoms with Crippen LogP contribution in [0.25, 0.3) is 21.9 Å². The van der Waals surface area contributed by atoms with E-state index in [-0.39, 0.29) is 11.5 Å². The predicted octanol–water partition coefficient (Wildman–Crippen LogP) is 4.58. The van der Waals surface area contributed by atoms with Crippen molar-refractivity contribution >= 4 is 33.4 Å². The summed E-state index contributed by atoms with van der Waals surface area (Å²) in [4.78, 5) is 14.4. The van der Waals surface area contributed by atoms with Crippen LogP contribution in [0.1, 0.15) is 11.5 Å². The van der Waals surface area contributed by atoms with Crippen molar-refractivity contribution in [2.45, 2.75) is 13.1 Å². The fourth-order valence-electron chi connectivity index (χ4n) is 2.70. The number of H-pyrrole nitrogens is 1. The average Bonchev–Trinajstić information content (AvgIpc) is 2.95. The highest BCUT2D eigenvalue weighted by atomic mass is 19.4. The van der Waals surface area contributed by atoms with Gasteiger partial charge in [-0.1, -0.05) is 18.2 Å². The second kappa shape index (κ2) is 5.44.